The second-order valence-corrected chi connectivity index (χ2v) is 5.26. The molecule has 4 heteroatoms. The number of carbonyl (C=O) groups is 1. The van der Waals surface area contributed by atoms with Gasteiger partial charge in [0.15, 0.2) is 0 Å². The van der Waals surface area contributed by atoms with Crippen LogP contribution in [-0.2, 0) is 17.9 Å². The molecule has 1 aliphatic rings. The van der Waals surface area contributed by atoms with Crippen LogP contribution in [0, 0.1) is 0 Å². The first-order chi connectivity index (χ1) is 10.7. The minimum absolute atomic E-state index is 0.210. The molecule has 1 heterocycles. The molecule has 0 saturated heterocycles. The lowest BCUT2D eigenvalue weighted by molar-refractivity contribution is -0.111. The molecule has 2 aromatic carbocycles. The Bertz CT molecular complexity index is 683. The molecule has 3 rings (SSSR count). The van der Waals surface area contributed by atoms with E-state index in [2.05, 4.69) is 28.9 Å². The predicted molar refractivity (Wildman–Crippen MR) is 86.5 cm³/mol. The highest BCUT2D eigenvalue weighted by atomic mass is 16.5. The molecule has 0 saturated carbocycles. The van der Waals surface area contributed by atoms with Crippen LogP contribution in [0.3, 0.4) is 0 Å². The van der Waals surface area contributed by atoms with E-state index in [4.69, 9.17) is 4.74 Å². The zero-order chi connectivity index (χ0) is 15.4. The average molecular weight is 294 g/mol. The van der Waals surface area contributed by atoms with Crippen molar-refractivity contribution in [3.8, 4) is 5.75 Å². The van der Waals surface area contributed by atoms with Gasteiger partial charge in [0.2, 0.25) is 5.91 Å². The van der Waals surface area contributed by atoms with Crippen molar-refractivity contribution in [2.24, 2.45) is 0 Å². The maximum absolute atomic E-state index is 11.4. The van der Waals surface area contributed by atoms with Gasteiger partial charge in [-0.25, -0.2) is 0 Å². The Labute approximate surface area is 130 Å². The van der Waals surface area contributed by atoms with Crippen LogP contribution in [0.15, 0.2) is 61.2 Å². The van der Waals surface area contributed by atoms with Gasteiger partial charge < -0.3 is 10.1 Å². The van der Waals surface area contributed by atoms with Crippen molar-refractivity contribution in [3.05, 3.63) is 72.3 Å². The van der Waals surface area contributed by atoms with E-state index in [0.29, 0.717) is 6.73 Å². The summed E-state index contributed by atoms with van der Waals surface area (Å²) in [6, 6.07) is 16.0. The van der Waals surface area contributed by atoms with Gasteiger partial charge in [0.05, 0.1) is 0 Å². The van der Waals surface area contributed by atoms with E-state index in [1.807, 2.05) is 36.4 Å². The standard InChI is InChI=1S/C18H18N2O2/c1-2-18(21)19-16-8-9-17-15(10-16)12-20(13-22-17)11-14-6-4-3-5-7-14/h2-10H,1,11-13H2,(H,19,21). The first-order valence-corrected chi connectivity index (χ1v) is 7.20. The first-order valence-electron chi connectivity index (χ1n) is 7.20. The van der Waals surface area contributed by atoms with Crippen LogP contribution in [0.25, 0.3) is 0 Å². The maximum atomic E-state index is 11.4. The molecule has 1 amide bonds. The van der Waals surface area contributed by atoms with Crippen molar-refractivity contribution in [1.29, 1.82) is 0 Å². The Balaban J connectivity index is 1.72. The molecule has 0 spiro atoms. The van der Waals surface area contributed by atoms with Crippen molar-refractivity contribution >= 4 is 11.6 Å². The van der Waals surface area contributed by atoms with E-state index in [-0.39, 0.29) is 5.91 Å². The van der Waals surface area contributed by atoms with E-state index < -0.39 is 0 Å². The summed E-state index contributed by atoms with van der Waals surface area (Å²) in [7, 11) is 0. The summed E-state index contributed by atoms with van der Waals surface area (Å²) < 4.78 is 5.79. The Morgan fingerprint density at radius 2 is 2.09 bits per heavy atom. The molecule has 0 radical (unpaired) electrons. The van der Waals surface area contributed by atoms with Crippen molar-refractivity contribution < 1.29 is 9.53 Å². The van der Waals surface area contributed by atoms with Crippen molar-refractivity contribution in [1.82, 2.24) is 4.90 Å². The topological polar surface area (TPSA) is 41.6 Å². The second-order valence-electron chi connectivity index (χ2n) is 5.26. The molecule has 1 N–H and O–H groups in total. The van der Waals surface area contributed by atoms with E-state index in [0.717, 1.165) is 30.1 Å². The van der Waals surface area contributed by atoms with Crippen LogP contribution in [0.5, 0.6) is 5.75 Å². The Morgan fingerprint density at radius 1 is 1.27 bits per heavy atom. The molecule has 2 aromatic rings. The van der Waals surface area contributed by atoms with Gasteiger partial charge in [0.25, 0.3) is 0 Å². The Morgan fingerprint density at radius 3 is 2.86 bits per heavy atom. The fraction of sp³-hybridized carbons (Fsp3) is 0.167. The van der Waals surface area contributed by atoms with E-state index in [1.54, 1.807) is 0 Å². The summed E-state index contributed by atoms with van der Waals surface area (Å²) >= 11 is 0. The number of carbonyl (C=O) groups excluding carboxylic acids is 1. The van der Waals surface area contributed by atoms with Gasteiger partial charge >= 0.3 is 0 Å². The smallest absolute Gasteiger partial charge is 0.247 e. The summed E-state index contributed by atoms with van der Waals surface area (Å²) in [5.74, 6) is 0.665. The van der Waals surface area contributed by atoms with Gasteiger partial charge in [-0.3, -0.25) is 9.69 Å². The molecule has 0 atom stereocenters. The van der Waals surface area contributed by atoms with Crippen molar-refractivity contribution in [2.75, 3.05) is 12.0 Å². The quantitative estimate of drug-likeness (QED) is 0.881. The van der Waals surface area contributed by atoms with Gasteiger partial charge in [-0.2, -0.15) is 0 Å². The van der Waals surface area contributed by atoms with Crippen LogP contribution in [0.2, 0.25) is 0 Å². The molecule has 0 aromatic heterocycles. The third-order valence-electron chi connectivity index (χ3n) is 3.56. The normalized spacial score (nSPS) is 13.8. The summed E-state index contributed by atoms with van der Waals surface area (Å²) in [5.41, 5.74) is 3.09. The number of rotatable bonds is 4. The fourth-order valence-electron chi connectivity index (χ4n) is 2.51. The molecule has 0 aliphatic carbocycles. The number of nitrogens with zero attached hydrogens (tertiary/aromatic N) is 1. The summed E-state index contributed by atoms with van der Waals surface area (Å²) in [6.07, 6.45) is 1.26. The number of amides is 1. The summed E-state index contributed by atoms with van der Waals surface area (Å²) in [5, 5.41) is 2.78. The Kier molecular flexibility index (Phi) is 4.21. The van der Waals surface area contributed by atoms with E-state index >= 15 is 0 Å². The second kappa shape index (κ2) is 6.45. The summed E-state index contributed by atoms with van der Waals surface area (Å²) in [6.45, 7) is 5.66. The lowest BCUT2D eigenvalue weighted by Crippen LogP contribution is -2.31. The molecular weight excluding hydrogens is 276 g/mol. The van der Waals surface area contributed by atoms with Gasteiger partial charge in [-0.15, -0.1) is 0 Å². The predicted octanol–water partition coefficient (Wildman–Crippen LogP) is 3.16. The number of nitrogens with one attached hydrogen (secondary N) is 1. The number of ether oxygens (including phenoxy) is 1. The average Bonchev–Trinajstić information content (AvgIpc) is 2.55. The molecule has 0 unspecified atom stereocenters. The van der Waals surface area contributed by atoms with Gasteiger partial charge in [-0.05, 0) is 29.8 Å². The van der Waals surface area contributed by atoms with Crippen LogP contribution in [0.4, 0.5) is 5.69 Å². The monoisotopic (exact) mass is 294 g/mol. The molecule has 22 heavy (non-hydrogen) atoms. The number of fused-ring (bicyclic) bond motifs is 1. The molecule has 1 aliphatic heterocycles. The van der Waals surface area contributed by atoms with Crippen molar-refractivity contribution in [3.63, 3.8) is 0 Å². The van der Waals surface area contributed by atoms with Crippen LogP contribution in [-0.4, -0.2) is 17.5 Å². The highest BCUT2D eigenvalue weighted by Crippen LogP contribution is 2.28. The largest absolute Gasteiger partial charge is 0.478 e. The summed E-state index contributed by atoms with van der Waals surface area (Å²) in [4.78, 5) is 13.6. The van der Waals surface area contributed by atoms with Crippen molar-refractivity contribution in [2.45, 2.75) is 13.1 Å². The third kappa shape index (κ3) is 3.35. The lowest BCUT2D eigenvalue weighted by Gasteiger charge is -2.29. The molecule has 0 fully saturated rings. The van der Waals surface area contributed by atoms with Gasteiger partial charge in [0.1, 0.15) is 12.5 Å². The highest BCUT2D eigenvalue weighted by molar-refractivity contribution is 5.98. The van der Waals surface area contributed by atoms with E-state index in [9.17, 15) is 4.79 Å². The van der Waals surface area contributed by atoms with Crippen LogP contribution >= 0.6 is 0 Å². The fourth-order valence-corrected chi connectivity index (χ4v) is 2.51. The minimum atomic E-state index is -0.210. The number of hydrogen-bond acceptors (Lipinski definition) is 3. The zero-order valence-electron chi connectivity index (χ0n) is 12.3. The zero-order valence-corrected chi connectivity index (χ0v) is 12.3. The number of benzene rings is 2. The molecule has 4 nitrogen and oxygen atoms in total. The Hall–Kier alpha value is -2.59. The first kappa shape index (κ1) is 14.4. The van der Waals surface area contributed by atoms with Crippen LogP contribution < -0.4 is 10.1 Å². The van der Waals surface area contributed by atoms with Gasteiger partial charge in [0, 0.05) is 24.3 Å². The molecular formula is C18H18N2O2. The molecule has 0 bridgehead atoms. The lowest BCUT2D eigenvalue weighted by atomic mass is 10.1. The van der Waals surface area contributed by atoms with E-state index in [1.165, 1.54) is 11.6 Å². The third-order valence-corrected chi connectivity index (χ3v) is 3.56. The highest BCUT2D eigenvalue weighted by Gasteiger charge is 2.18. The SMILES string of the molecule is C=CC(=O)Nc1ccc2c(c1)CN(Cc1ccccc1)CO2. The molecule has 112 valence electrons. The maximum Gasteiger partial charge on any atom is 0.247 e. The number of anilines is 1. The minimum Gasteiger partial charge on any atom is -0.478 e. The number of hydrogen-bond donors (Lipinski definition) is 1. The van der Waals surface area contributed by atoms with Gasteiger partial charge in [-0.1, -0.05) is 36.9 Å². The van der Waals surface area contributed by atoms with Crippen LogP contribution in [0.1, 0.15) is 11.1 Å².